The Morgan fingerprint density at radius 3 is 2.66 bits per heavy atom. The van der Waals surface area contributed by atoms with E-state index < -0.39 is 6.09 Å². The molecule has 1 aromatic rings. The third kappa shape index (κ3) is 4.29. The Hall–Kier alpha value is -2.35. The van der Waals surface area contributed by atoms with Gasteiger partial charge in [0.15, 0.2) is 0 Å². The van der Waals surface area contributed by atoms with Crippen molar-refractivity contribution in [3.63, 3.8) is 0 Å². The molecule has 1 atom stereocenters. The van der Waals surface area contributed by atoms with Crippen molar-refractivity contribution in [2.24, 2.45) is 5.41 Å². The van der Waals surface area contributed by atoms with Crippen LogP contribution in [0.15, 0.2) is 12.3 Å². The molecule has 1 unspecified atom stereocenters. The maximum Gasteiger partial charge on any atom is 0.411 e. The summed E-state index contributed by atoms with van der Waals surface area (Å²) in [7, 11) is 0. The molecule has 0 aromatic carbocycles. The highest BCUT2D eigenvalue weighted by molar-refractivity contribution is 5.87. The lowest BCUT2D eigenvalue weighted by atomic mass is 9.78. The van der Waals surface area contributed by atoms with Gasteiger partial charge in [0.1, 0.15) is 5.82 Å². The minimum absolute atomic E-state index is 0.213. The van der Waals surface area contributed by atoms with Crippen LogP contribution < -0.4 is 9.80 Å². The molecule has 8 heteroatoms. The number of carbonyl (C=O) groups excluding carboxylic acids is 1. The molecule has 2 saturated heterocycles. The lowest BCUT2D eigenvalue weighted by molar-refractivity contribution is -0.139. The first-order valence-corrected chi connectivity index (χ1v) is 12.1. The number of anilines is 2. The molecule has 1 saturated carbocycles. The van der Waals surface area contributed by atoms with Crippen molar-refractivity contribution in [3.8, 4) is 0 Å². The van der Waals surface area contributed by atoms with Gasteiger partial charge < -0.3 is 20.0 Å². The summed E-state index contributed by atoms with van der Waals surface area (Å²) in [5.41, 5.74) is 1.18. The lowest BCUT2D eigenvalue weighted by Crippen LogP contribution is -2.50. The number of amides is 2. The molecular formula is C24H36N4O4. The van der Waals surface area contributed by atoms with Crippen molar-refractivity contribution >= 4 is 23.5 Å². The number of aliphatic hydroxyl groups excluding tert-OH is 1. The number of aliphatic hydroxyl groups is 1. The molecule has 0 radical (unpaired) electrons. The molecule has 1 spiro atoms. The molecule has 176 valence electrons. The van der Waals surface area contributed by atoms with E-state index in [4.69, 9.17) is 0 Å². The summed E-state index contributed by atoms with van der Waals surface area (Å²) in [6, 6.07) is 2.16. The Labute approximate surface area is 190 Å². The predicted octanol–water partition coefficient (Wildman–Crippen LogP) is 3.41. The summed E-state index contributed by atoms with van der Waals surface area (Å²) in [6.45, 7) is 6.69. The minimum atomic E-state index is -0.968. The highest BCUT2D eigenvalue weighted by Crippen LogP contribution is 2.43. The second-order valence-corrected chi connectivity index (χ2v) is 9.78. The first-order valence-electron chi connectivity index (χ1n) is 12.1. The van der Waals surface area contributed by atoms with Gasteiger partial charge in [0, 0.05) is 32.2 Å². The Morgan fingerprint density at radius 2 is 2.00 bits per heavy atom. The molecule has 2 N–H and O–H groups in total. The van der Waals surface area contributed by atoms with E-state index in [1.165, 1.54) is 4.90 Å². The maximum absolute atomic E-state index is 13.6. The summed E-state index contributed by atoms with van der Waals surface area (Å²) < 4.78 is 0. The maximum atomic E-state index is 13.6. The molecule has 2 aliphatic heterocycles. The van der Waals surface area contributed by atoms with Gasteiger partial charge >= 0.3 is 6.09 Å². The van der Waals surface area contributed by atoms with Gasteiger partial charge in [-0.3, -0.25) is 9.69 Å². The minimum Gasteiger partial charge on any atom is -0.465 e. The number of hydrogen-bond donors (Lipinski definition) is 2. The second-order valence-electron chi connectivity index (χ2n) is 9.78. The zero-order valence-electron chi connectivity index (χ0n) is 19.3. The number of rotatable bonds is 5. The molecular weight excluding hydrogens is 408 g/mol. The number of carboxylic acid groups (broad SMARTS) is 1. The van der Waals surface area contributed by atoms with Crippen LogP contribution in [0.4, 0.5) is 16.3 Å². The highest BCUT2D eigenvalue weighted by Gasteiger charge is 2.50. The van der Waals surface area contributed by atoms with E-state index in [0.717, 1.165) is 75.8 Å². The molecule has 4 rings (SSSR count). The number of aromatic nitrogens is 1. The van der Waals surface area contributed by atoms with Crippen LogP contribution in [-0.4, -0.2) is 70.4 Å². The SMILES string of the molecule is CCCN(C(=O)O)c1cnc(N2CCCC3(CCN([C@H]4CC[C@H](O)CC4)C3=O)C2)c(C)c1. The van der Waals surface area contributed by atoms with E-state index in [1.54, 1.807) is 6.20 Å². The average molecular weight is 445 g/mol. The van der Waals surface area contributed by atoms with E-state index >= 15 is 0 Å². The molecule has 0 bridgehead atoms. The van der Waals surface area contributed by atoms with Gasteiger partial charge in [-0.2, -0.15) is 0 Å². The summed E-state index contributed by atoms with van der Waals surface area (Å²) in [6.07, 6.45) is 7.30. The quantitative estimate of drug-likeness (QED) is 0.722. The number of aryl methyl sites for hydroxylation is 1. The fourth-order valence-electron chi connectivity index (χ4n) is 5.85. The molecule has 8 nitrogen and oxygen atoms in total. The van der Waals surface area contributed by atoms with Crippen LogP contribution >= 0.6 is 0 Å². The molecule has 1 aliphatic carbocycles. The van der Waals surface area contributed by atoms with Gasteiger partial charge in [0.05, 0.1) is 23.4 Å². The molecule has 32 heavy (non-hydrogen) atoms. The first kappa shape index (κ1) is 22.8. The fraction of sp³-hybridized carbons (Fsp3) is 0.708. The number of nitrogens with zero attached hydrogens (tertiary/aromatic N) is 4. The van der Waals surface area contributed by atoms with Gasteiger partial charge in [0.25, 0.3) is 0 Å². The zero-order valence-corrected chi connectivity index (χ0v) is 19.3. The number of carbonyl (C=O) groups is 2. The number of hydrogen-bond acceptors (Lipinski definition) is 5. The average Bonchev–Trinajstić information content (AvgIpc) is 3.07. The molecule has 3 heterocycles. The van der Waals surface area contributed by atoms with E-state index in [-0.39, 0.29) is 23.5 Å². The third-order valence-corrected chi connectivity index (χ3v) is 7.56. The van der Waals surface area contributed by atoms with Crippen LogP contribution in [0.25, 0.3) is 0 Å². The van der Waals surface area contributed by atoms with Crippen molar-refractivity contribution in [3.05, 3.63) is 17.8 Å². The molecule has 1 aromatic heterocycles. The van der Waals surface area contributed by atoms with Crippen LogP contribution in [0.2, 0.25) is 0 Å². The van der Waals surface area contributed by atoms with Gasteiger partial charge in [-0.05, 0) is 69.9 Å². The Balaban J connectivity index is 1.49. The standard InChI is InChI=1S/C24H36N4O4/c1-3-11-28(23(31)32)19-14-17(2)21(25-15-19)26-12-4-9-24(16-26)10-13-27(22(24)30)18-5-7-20(29)8-6-18/h14-15,18,20,29H,3-13,16H2,1-2H3,(H,31,32)/t18-,20-,24?. The Kier molecular flexibility index (Phi) is 6.60. The smallest absolute Gasteiger partial charge is 0.411 e. The van der Waals surface area contributed by atoms with E-state index in [1.807, 2.05) is 19.9 Å². The van der Waals surface area contributed by atoms with Crippen molar-refractivity contribution in [2.75, 3.05) is 36.0 Å². The number of piperidine rings is 1. The third-order valence-electron chi connectivity index (χ3n) is 7.56. The van der Waals surface area contributed by atoms with Crippen LogP contribution in [0, 0.1) is 12.3 Å². The lowest BCUT2D eigenvalue weighted by Gasteiger charge is -2.41. The largest absolute Gasteiger partial charge is 0.465 e. The predicted molar refractivity (Wildman–Crippen MR) is 123 cm³/mol. The van der Waals surface area contributed by atoms with Crippen molar-refractivity contribution < 1.29 is 19.8 Å². The molecule has 3 fully saturated rings. The van der Waals surface area contributed by atoms with Crippen LogP contribution in [0.3, 0.4) is 0 Å². The molecule has 3 aliphatic rings. The Morgan fingerprint density at radius 1 is 1.25 bits per heavy atom. The van der Waals surface area contributed by atoms with Gasteiger partial charge in [-0.25, -0.2) is 9.78 Å². The normalized spacial score (nSPS) is 28.4. The van der Waals surface area contributed by atoms with E-state index in [0.29, 0.717) is 18.8 Å². The van der Waals surface area contributed by atoms with Crippen molar-refractivity contribution in [2.45, 2.75) is 77.4 Å². The van der Waals surface area contributed by atoms with Crippen LogP contribution in [-0.2, 0) is 4.79 Å². The van der Waals surface area contributed by atoms with Gasteiger partial charge in [0.2, 0.25) is 5.91 Å². The van der Waals surface area contributed by atoms with E-state index in [2.05, 4.69) is 14.8 Å². The fourth-order valence-corrected chi connectivity index (χ4v) is 5.85. The topological polar surface area (TPSA) is 97.2 Å². The second kappa shape index (κ2) is 9.25. The van der Waals surface area contributed by atoms with Crippen molar-refractivity contribution in [1.29, 1.82) is 0 Å². The molecule has 2 amide bonds. The van der Waals surface area contributed by atoms with Gasteiger partial charge in [-0.1, -0.05) is 6.92 Å². The van der Waals surface area contributed by atoms with Crippen molar-refractivity contribution in [1.82, 2.24) is 9.88 Å². The van der Waals surface area contributed by atoms with E-state index in [9.17, 15) is 19.8 Å². The highest BCUT2D eigenvalue weighted by atomic mass is 16.4. The summed E-state index contributed by atoms with van der Waals surface area (Å²) in [4.78, 5) is 35.5. The van der Waals surface area contributed by atoms with Crippen LogP contribution in [0.5, 0.6) is 0 Å². The van der Waals surface area contributed by atoms with Crippen LogP contribution in [0.1, 0.15) is 63.9 Å². The zero-order chi connectivity index (χ0) is 22.9. The monoisotopic (exact) mass is 444 g/mol. The summed E-state index contributed by atoms with van der Waals surface area (Å²) >= 11 is 0. The number of pyridine rings is 1. The number of likely N-dealkylation sites (tertiary alicyclic amines) is 1. The summed E-state index contributed by atoms with van der Waals surface area (Å²) in [5, 5.41) is 19.3. The first-order chi connectivity index (χ1) is 15.3. The van der Waals surface area contributed by atoms with Gasteiger partial charge in [-0.15, -0.1) is 0 Å². The Bertz CT molecular complexity index is 854. The summed E-state index contributed by atoms with van der Waals surface area (Å²) in [5.74, 6) is 1.12.